The molecule has 4 N–H and O–H groups in total. The highest BCUT2D eigenvalue weighted by molar-refractivity contribution is 4.76. The summed E-state index contributed by atoms with van der Waals surface area (Å²) in [4.78, 5) is 0. The van der Waals surface area contributed by atoms with Crippen molar-refractivity contribution >= 4 is 0 Å². The van der Waals surface area contributed by atoms with Crippen LogP contribution >= 0.6 is 0 Å². The summed E-state index contributed by atoms with van der Waals surface area (Å²) in [6, 6.07) is 0. The maximum absolute atomic E-state index is 13.2. The fourth-order valence-electron chi connectivity index (χ4n) is 1.01. The van der Waals surface area contributed by atoms with Crippen molar-refractivity contribution in [2.45, 2.75) is 24.2 Å². The van der Waals surface area contributed by atoms with Gasteiger partial charge in [0, 0.05) is 0 Å². The van der Waals surface area contributed by atoms with Crippen LogP contribution in [0.1, 0.15) is 0 Å². The summed E-state index contributed by atoms with van der Waals surface area (Å²) in [5.74, 6) is -4.69. The molecule has 0 aromatic carbocycles. The summed E-state index contributed by atoms with van der Waals surface area (Å²) >= 11 is 0. The molecular formula is C11H20F4O8. The molecule has 0 saturated heterocycles. The fraction of sp³-hybridized carbons (Fsp3) is 1.00. The lowest BCUT2D eigenvalue weighted by molar-refractivity contribution is -0.378. The zero-order valence-corrected chi connectivity index (χ0v) is 12.0. The summed E-state index contributed by atoms with van der Waals surface area (Å²) in [6.45, 7) is -6.03. The first-order valence-electron chi connectivity index (χ1n) is 6.37. The van der Waals surface area contributed by atoms with Crippen molar-refractivity contribution in [1.82, 2.24) is 0 Å². The predicted molar refractivity (Wildman–Crippen MR) is 64.8 cm³/mol. The third kappa shape index (κ3) is 9.32. The molecule has 0 radical (unpaired) electrons. The van der Waals surface area contributed by atoms with Gasteiger partial charge >= 0.3 is 12.0 Å². The fourth-order valence-corrected chi connectivity index (χ4v) is 1.01. The van der Waals surface area contributed by atoms with Crippen LogP contribution in [0.5, 0.6) is 0 Å². The Morgan fingerprint density at radius 3 is 1.83 bits per heavy atom. The third-order valence-corrected chi connectivity index (χ3v) is 2.24. The topological polar surface area (TPSA) is 118 Å². The van der Waals surface area contributed by atoms with Gasteiger partial charge in [-0.25, -0.2) is 0 Å². The number of aliphatic hydroxyl groups is 4. The molecule has 2 atom stereocenters. The average Bonchev–Trinajstić information content (AvgIpc) is 2.49. The SMILES string of the molecule is OCC(O)COCOCOC(F)(F)C(F)(F)COCC(O)CO. The molecule has 0 heterocycles. The molecule has 0 saturated carbocycles. The maximum atomic E-state index is 13.2. The Labute approximate surface area is 129 Å². The minimum atomic E-state index is -4.90. The highest BCUT2D eigenvalue weighted by Crippen LogP contribution is 2.35. The summed E-state index contributed by atoms with van der Waals surface area (Å²) in [6.07, 6.45) is -7.55. The van der Waals surface area contributed by atoms with Crippen LogP contribution in [-0.4, -0.2) is 91.3 Å². The normalized spacial score (nSPS) is 15.7. The van der Waals surface area contributed by atoms with Gasteiger partial charge < -0.3 is 34.6 Å². The Balaban J connectivity index is 3.99. The van der Waals surface area contributed by atoms with Crippen molar-refractivity contribution in [2.24, 2.45) is 0 Å². The number of hydrogen-bond acceptors (Lipinski definition) is 8. The highest BCUT2D eigenvalue weighted by atomic mass is 19.3. The lowest BCUT2D eigenvalue weighted by atomic mass is 10.3. The maximum Gasteiger partial charge on any atom is 0.423 e. The van der Waals surface area contributed by atoms with Gasteiger partial charge in [0.15, 0.2) is 6.79 Å². The van der Waals surface area contributed by atoms with Gasteiger partial charge in [0.2, 0.25) is 0 Å². The molecule has 2 unspecified atom stereocenters. The first-order chi connectivity index (χ1) is 10.7. The van der Waals surface area contributed by atoms with Crippen molar-refractivity contribution in [1.29, 1.82) is 0 Å². The van der Waals surface area contributed by atoms with Crippen LogP contribution in [0.4, 0.5) is 17.6 Å². The summed E-state index contributed by atoms with van der Waals surface area (Å²) in [5.41, 5.74) is 0. The predicted octanol–water partition coefficient (Wildman–Crippen LogP) is -1.10. The standard InChI is InChI=1S/C11H20F4O8/c12-10(13,5-20-3-8(18)1-16)11(14,15)23-7-22-6-21-4-9(19)2-17/h8-9,16-19H,1-7H2. The lowest BCUT2D eigenvalue weighted by Gasteiger charge is -2.26. The quantitative estimate of drug-likeness (QED) is 0.176. The van der Waals surface area contributed by atoms with E-state index in [1.54, 1.807) is 0 Å². The van der Waals surface area contributed by atoms with Gasteiger partial charge in [-0.3, -0.25) is 4.74 Å². The van der Waals surface area contributed by atoms with E-state index in [4.69, 9.17) is 20.4 Å². The van der Waals surface area contributed by atoms with Crippen molar-refractivity contribution in [3.63, 3.8) is 0 Å². The number of aliphatic hydroxyl groups excluding tert-OH is 4. The molecule has 0 amide bonds. The zero-order chi connectivity index (χ0) is 17.9. The van der Waals surface area contributed by atoms with E-state index in [0.29, 0.717) is 0 Å². The first kappa shape index (κ1) is 22.4. The van der Waals surface area contributed by atoms with E-state index in [-0.39, 0.29) is 6.61 Å². The van der Waals surface area contributed by atoms with Gasteiger partial charge in [-0.05, 0) is 0 Å². The molecule has 0 spiro atoms. The number of hydrogen-bond donors (Lipinski definition) is 4. The molecule has 0 aromatic rings. The van der Waals surface area contributed by atoms with Gasteiger partial charge in [-0.15, -0.1) is 0 Å². The summed E-state index contributed by atoms with van der Waals surface area (Å²) in [7, 11) is 0. The van der Waals surface area contributed by atoms with Crippen molar-refractivity contribution in [3.05, 3.63) is 0 Å². The van der Waals surface area contributed by atoms with Gasteiger partial charge in [-0.1, -0.05) is 0 Å². The second-order valence-corrected chi connectivity index (χ2v) is 4.36. The van der Waals surface area contributed by atoms with Crippen molar-refractivity contribution in [3.8, 4) is 0 Å². The Morgan fingerprint density at radius 1 is 0.783 bits per heavy atom. The van der Waals surface area contributed by atoms with E-state index in [2.05, 4.69) is 18.9 Å². The third-order valence-electron chi connectivity index (χ3n) is 2.24. The number of alkyl halides is 4. The summed E-state index contributed by atoms with van der Waals surface area (Å²) in [5, 5.41) is 34.5. The van der Waals surface area contributed by atoms with Gasteiger partial charge in [-0.2, -0.15) is 17.6 Å². The second kappa shape index (κ2) is 11.0. The molecule has 0 bridgehead atoms. The smallest absolute Gasteiger partial charge is 0.394 e. The Bertz CT molecular complexity index is 308. The highest BCUT2D eigenvalue weighted by Gasteiger charge is 2.58. The molecule has 23 heavy (non-hydrogen) atoms. The Kier molecular flexibility index (Phi) is 10.8. The van der Waals surface area contributed by atoms with E-state index in [1.165, 1.54) is 0 Å². The average molecular weight is 356 g/mol. The Morgan fingerprint density at radius 2 is 1.30 bits per heavy atom. The zero-order valence-electron chi connectivity index (χ0n) is 12.0. The minimum absolute atomic E-state index is 0.343. The van der Waals surface area contributed by atoms with Crippen LogP contribution in [0.2, 0.25) is 0 Å². The largest absolute Gasteiger partial charge is 0.423 e. The molecular weight excluding hydrogens is 336 g/mol. The van der Waals surface area contributed by atoms with Crippen LogP contribution < -0.4 is 0 Å². The monoisotopic (exact) mass is 356 g/mol. The van der Waals surface area contributed by atoms with E-state index in [1.807, 2.05) is 0 Å². The van der Waals surface area contributed by atoms with Crippen molar-refractivity contribution in [2.75, 3.05) is 46.6 Å². The van der Waals surface area contributed by atoms with E-state index >= 15 is 0 Å². The van der Waals surface area contributed by atoms with Crippen LogP contribution in [-0.2, 0) is 18.9 Å². The van der Waals surface area contributed by atoms with E-state index in [9.17, 15) is 17.6 Å². The van der Waals surface area contributed by atoms with Gasteiger partial charge in [0.25, 0.3) is 0 Å². The summed E-state index contributed by atoms with van der Waals surface area (Å²) < 4.78 is 69.4. The molecule has 0 aliphatic rings. The minimum Gasteiger partial charge on any atom is -0.394 e. The first-order valence-corrected chi connectivity index (χ1v) is 6.37. The molecule has 0 aromatic heterocycles. The number of ether oxygens (including phenoxy) is 4. The molecule has 0 fully saturated rings. The Hall–Kier alpha value is -0.600. The number of rotatable bonds is 14. The van der Waals surface area contributed by atoms with Crippen LogP contribution in [0.25, 0.3) is 0 Å². The van der Waals surface area contributed by atoms with Crippen LogP contribution in [0.3, 0.4) is 0 Å². The van der Waals surface area contributed by atoms with Crippen LogP contribution in [0, 0.1) is 0 Å². The van der Waals surface area contributed by atoms with E-state index in [0.717, 1.165) is 0 Å². The van der Waals surface area contributed by atoms with Crippen LogP contribution in [0.15, 0.2) is 0 Å². The molecule has 140 valence electrons. The van der Waals surface area contributed by atoms with Crippen molar-refractivity contribution < 1.29 is 56.9 Å². The molecule has 12 heteroatoms. The van der Waals surface area contributed by atoms with Gasteiger partial charge in [0.05, 0.1) is 26.4 Å². The molecule has 0 aliphatic heterocycles. The molecule has 0 aliphatic carbocycles. The second-order valence-electron chi connectivity index (χ2n) is 4.36. The van der Waals surface area contributed by atoms with E-state index < -0.39 is 64.3 Å². The molecule has 0 rings (SSSR count). The lowest BCUT2D eigenvalue weighted by Crippen LogP contribution is -2.47. The number of halogens is 4. The molecule has 8 nitrogen and oxygen atoms in total. The van der Waals surface area contributed by atoms with Gasteiger partial charge in [0.1, 0.15) is 25.6 Å².